The zero-order valence-corrected chi connectivity index (χ0v) is 17.9. The lowest BCUT2D eigenvalue weighted by Gasteiger charge is -2.22. The highest BCUT2D eigenvalue weighted by molar-refractivity contribution is 6.22. The van der Waals surface area contributed by atoms with Gasteiger partial charge in [0.15, 0.2) is 0 Å². The van der Waals surface area contributed by atoms with E-state index in [1.165, 1.54) is 23.1 Å². The zero-order chi connectivity index (χ0) is 23.4. The molecular formula is C25H22FN3O4. The number of hydrogen-bond donors (Lipinski definition) is 1. The van der Waals surface area contributed by atoms with Crippen LogP contribution in [0.15, 0.2) is 78.9 Å². The Balaban J connectivity index is 1.60. The lowest BCUT2D eigenvalue weighted by atomic mass is 10.1. The van der Waals surface area contributed by atoms with E-state index in [9.17, 15) is 18.8 Å². The quantitative estimate of drug-likeness (QED) is 0.551. The molecule has 3 aromatic rings. The second kappa shape index (κ2) is 9.52. The van der Waals surface area contributed by atoms with Gasteiger partial charge >= 0.3 is 6.03 Å². The number of ether oxygens (including phenoxy) is 1. The van der Waals surface area contributed by atoms with Crippen molar-refractivity contribution in [3.8, 4) is 5.75 Å². The summed E-state index contributed by atoms with van der Waals surface area (Å²) in [5.41, 5.74) is 1.45. The third-order valence-corrected chi connectivity index (χ3v) is 5.31. The summed E-state index contributed by atoms with van der Waals surface area (Å²) in [6, 6.07) is 19.7. The molecule has 1 saturated heterocycles. The normalized spacial score (nSPS) is 15.6. The smallest absolute Gasteiger partial charge is 0.332 e. The molecule has 0 radical (unpaired) electrons. The molecule has 1 fully saturated rings. The van der Waals surface area contributed by atoms with E-state index in [-0.39, 0.29) is 18.7 Å². The zero-order valence-electron chi connectivity index (χ0n) is 17.9. The third kappa shape index (κ3) is 4.85. The van der Waals surface area contributed by atoms with E-state index in [0.29, 0.717) is 11.4 Å². The number of halogens is 1. The van der Waals surface area contributed by atoms with Crippen LogP contribution < -0.4 is 15.0 Å². The van der Waals surface area contributed by atoms with Gasteiger partial charge in [-0.2, -0.15) is 0 Å². The molecule has 0 aromatic heterocycles. The number of carbonyl (C=O) groups excluding carboxylic acids is 3. The average Bonchev–Trinajstić information content (AvgIpc) is 3.03. The molecule has 8 heteroatoms. The highest BCUT2D eigenvalue weighted by atomic mass is 19.1. The molecule has 1 heterocycles. The van der Waals surface area contributed by atoms with Gasteiger partial charge in [-0.25, -0.2) is 14.1 Å². The Kier molecular flexibility index (Phi) is 6.35. The number of urea groups is 1. The first-order valence-corrected chi connectivity index (χ1v) is 10.3. The third-order valence-electron chi connectivity index (χ3n) is 5.31. The number of hydrogen-bond acceptors (Lipinski definition) is 4. The molecule has 1 atom stereocenters. The number of nitrogens with zero attached hydrogens (tertiary/aromatic N) is 2. The van der Waals surface area contributed by atoms with Crippen LogP contribution in [-0.2, 0) is 16.1 Å². The van der Waals surface area contributed by atoms with E-state index in [4.69, 9.17) is 4.74 Å². The minimum absolute atomic E-state index is 0.114. The maximum absolute atomic E-state index is 13.5. The molecule has 0 bridgehead atoms. The van der Waals surface area contributed by atoms with Gasteiger partial charge in [0.25, 0.3) is 5.91 Å². The second-order valence-electron chi connectivity index (χ2n) is 7.55. The first-order chi connectivity index (χ1) is 16.0. The van der Waals surface area contributed by atoms with E-state index in [1.807, 2.05) is 6.07 Å². The molecule has 1 aliphatic rings. The number of imide groups is 1. The Morgan fingerprint density at radius 3 is 2.48 bits per heavy atom. The molecule has 0 aliphatic carbocycles. The van der Waals surface area contributed by atoms with Crippen LogP contribution in [0.1, 0.15) is 12.0 Å². The summed E-state index contributed by atoms with van der Waals surface area (Å²) in [6.07, 6.45) is -0.269. The summed E-state index contributed by atoms with van der Waals surface area (Å²) >= 11 is 0. The Labute approximate surface area is 190 Å². The van der Waals surface area contributed by atoms with Gasteiger partial charge in [-0.15, -0.1) is 0 Å². The fourth-order valence-electron chi connectivity index (χ4n) is 3.75. The molecular weight excluding hydrogens is 425 g/mol. The predicted molar refractivity (Wildman–Crippen MR) is 121 cm³/mol. The number of carbonyl (C=O) groups is 3. The summed E-state index contributed by atoms with van der Waals surface area (Å²) in [6.45, 7) is 0.114. The minimum atomic E-state index is -1.02. The fourth-order valence-corrected chi connectivity index (χ4v) is 3.75. The SMILES string of the molecule is COc1cccc(CN2C(=O)N(c3ccccc3)C(=O)[C@@H]2CC(=O)Nc2cccc(F)c2)c1. The Morgan fingerprint density at radius 1 is 1.00 bits per heavy atom. The molecule has 33 heavy (non-hydrogen) atoms. The Hall–Kier alpha value is -4.20. The van der Waals surface area contributed by atoms with Gasteiger partial charge in [-0.3, -0.25) is 9.59 Å². The van der Waals surface area contributed by atoms with Crippen LogP contribution in [0.4, 0.5) is 20.6 Å². The monoisotopic (exact) mass is 447 g/mol. The summed E-state index contributed by atoms with van der Waals surface area (Å²) in [7, 11) is 1.54. The molecule has 4 rings (SSSR count). The number of anilines is 2. The predicted octanol–water partition coefficient (Wildman–Crippen LogP) is 4.20. The topological polar surface area (TPSA) is 79.0 Å². The van der Waals surface area contributed by atoms with Gasteiger partial charge in [-0.1, -0.05) is 36.4 Å². The highest BCUT2D eigenvalue weighted by Crippen LogP contribution is 2.29. The lowest BCUT2D eigenvalue weighted by molar-refractivity contribution is -0.124. The van der Waals surface area contributed by atoms with Crippen molar-refractivity contribution in [3.05, 3.63) is 90.2 Å². The molecule has 0 unspecified atom stereocenters. The summed E-state index contributed by atoms with van der Waals surface area (Å²) < 4.78 is 18.7. The standard InChI is InChI=1S/C25H22FN3O4/c1-33-21-12-5-7-17(13-21)16-28-22(15-23(30)27-19-9-6-8-18(26)14-19)24(31)29(25(28)32)20-10-3-2-4-11-20/h2-14,22H,15-16H2,1H3,(H,27,30)/t22-/m0/s1. The van der Waals surface area contributed by atoms with E-state index < -0.39 is 29.7 Å². The van der Waals surface area contributed by atoms with E-state index >= 15 is 0 Å². The van der Waals surface area contributed by atoms with E-state index in [0.717, 1.165) is 10.5 Å². The van der Waals surface area contributed by atoms with Crippen LogP contribution in [0.5, 0.6) is 5.75 Å². The number of rotatable bonds is 7. The van der Waals surface area contributed by atoms with Crippen LogP contribution in [0.25, 0.3) is 0 Å². The van der Waals surface area contributed by atoms with Gasteiger partial charge in [0, 0.05) is 12.2 Å². The fraction of sp³-hybridized carbons (Fsp3) is 0.160. The number of amides is 4. The first-order valence-electron chi connectivity index (χ1n) is 10.3. The van der Waals surface area contributed by atoms with Crippen LogP contribution in [0.3, 0.4) is 0 Å². The van der Waals surface area contributed by atoms with Gasteiger partial charge in [0.2, 0.25) is 5.91 Å². The molecule has 3 aromatic carbocycles. The Morgan fingerprint density at radius 2 is 1.76 bits per heavy atom. The largest absolute Gasteiger partial charge is 0.497 e. The van der Waals surface area contributed by atoms with Crippen molar-refractivity contribution in [2.24, 2.45) is 0 Å². The highest BCUT2D eigenvalue weighted by Gasteiger charge is 2.46. The number of methoxy groups -OCH3 is 1. The lowest BCUT2D eigenvalue weighted by Crippen LogP contribution is -2.37. The summed E-state index contributed by atoms with van der Waals surface area (Å²) in [5, 5.41) is 2.59. The van der Waals surface area contributed by atoms with Crippen molar-refractivity contribution < 1.29 is 23.5 Å². The van der Waals surface area contributed by atoms with Crippen LogP contribution >= 0.6 is 0 Å². The van der Waals surface area contributed by atoms with E-state index in [2.05, 4.69) is 5.32 Å². The molecule has 1 aliphatic heterocycles. The van der Waals surface area contributed by atoms with Gasteiger partial charge in [0.05, 0.1) is 19.2 Å². The summed E-state index contributed by atoms with van der Waals surface area (Å²) in [4.78, 5) is 41.7. The van der Waals surface area contributed by atoms with Gasteiger partial charge < -0.3 is 15.0 Å². The second-order valence-corrected chi connectivity index (χ2v) is 7.55. The molecule has 0 spiro atoms. The van der Waals surface area contributed by atoms with Crippen molar-refractivity contribution in [2.45, 2.75) is 19.0 Å². The minimum Gasteiger partial charge on any atom is -0.497 e. The van der Waals surface area contributed by atoms with Crippen molar-refractivity contribution in [2.75, 3.05) is 17.3 Å². The van der Waals surface area contributed by atoms with Crippen molar-refractivity contribution in [3.63, 3.8) is 0 Å². The van der Waals surface area contributed by atoms with E-state index in [1.54, 1.807) is 61.7 Å². The van der Waals surface area contributed by atoms with Crippen molar-refractivity contribution in [1.29, 1.82) is 0 Å². The maximum Gasteiger partial charge on any atom is 0.332 e. The molecule has 168 valence electrons. The molecule has 0 saturated carbocycles. The number of nitrogens with one attached hydrogen (secondary N) is 1. The average molecular weight is 447 g/mol. The Bertz CT molecular complexity index is 1190. The molecule has 7 nitrogen and oxygen atoms in total. The van der Waals surface area contributed by atoms with Crippen LogP contribution in [0, 0.1) is 5.82 Å². The number of para-hydroxylation sites is 1. The number of benzene rings is 3. The molecule has 1 N–H and O–H groups in total. The van der Waals surface area contributed by atoms with Crippen LogP contribution in [-0.4, -0.2) is 35.9 Å². The molecule has 4 amide bonds. The maximum atomic E-state index is 13.5. The van der Waals surface area contributed by atoms with Crippen molar-refractivity contribution >= 4 is 29.2 Å². The van der Waals surface area contributed by atoms with Gasteiger partial charge in [0.1, 0.15) is 17.6 Å². The van der Waals surface area contributed by atoms with Crippen LogP contribution in [0.2, 0.25) is 0 Å². The van der Waals surface area contributed by atoms with Crippen molar-refractivity contribution in [1.82, 2.24) is 4.90 Å². The first kappa shape index (κ1) is 22.0. The summed E-state index contributed by atoms with van der Waals surface area (Å²) in [5.74, 6) is -0.874. The van der Waals surface area contributed by atoms with Gasteiger partial charge in [-0.05, 0) is 48.0 Å².